The van der Waals surface area contributed by atoms with Crippen LogP contribution in [0.1, 0.15) is 53.2 Å². The van der Waals surface area contributed by atoms with E-state index in [1.165, 1.54) is 5.69 Å². The molecule has 1 N–H and O–H groups in total. The van der Waals surface area contributed by atoms with E-state index in [0.717, 1.165) is 25.9 Å². The molecule has 0 spiro atoms. The summed E-state index contributed by atoms with van der Waals surface area (Å²) in [7, 11) is 0. The highest BCUT2D eigenvalue weighted by atomic mass is 15.4. The smallest absolute Gasteiger partial charge is 0.0730 e. The molecule has 0 aliphatic heterocycles. The molecule has 0 amide bonds. The maximum atomic E-state index is 4.17. The topological polar surface area (TPSA) is 42.7 Å². The van der Waals surface area contributed by atoms with E-state index in [-0.39, 0.29) is 5.41 Å². The molecule has 98 valence electrons. The monoisotopic (exact) mass is 238 g/mol. The van der Waals surface area contributed by atoms with Gasteiger partial charge >= 0.3 is 0 Å². The van der Waals surface area contributed by atoms with Gasteiger partial charge in [-0.15, -0.1) is 5.10 Å². The van der Waals surface area contributed by atoms with E-state index < -0.39 is 0 Å². The Morgan fingerprint density at radius 1 is 1.41 bits per heavy atom. The first-order valence-electron chi connectivity index (χ1n) is 6.63. The van der Waals surface area contributed by atoms with Crippen molar-refractivity contribution in [3.05, 3.63) is 11.9 Å². The first kappa shape index (κ1) is 14.2. The number of nitrogens with one attached hydrogen (secondary N) is 1. The lowest BCUT2D eigenvalue weighted by Gasteiger charge is -2.28. The van der Waals surface area contributed by atoms with Crippen LogP contribution in [0.2, 0.25) is 0 Å². The molecule has 0 saturated carbocycles. The van der Waals surface area contributed by atoms with Crippen molar-refractivity contribution < 1.29 is 0 Å². The van der Waals surface area contributed by atoms with Crippen LogP contribution in [0, 0.1) is 0 Å². The van der Waals surface area contributed by atoms with Gasteiger partial charge in [0.1, 0.15) is 0 Å². The molecular formula is C13H26N4. The quantitative estimate of drug-likeness (QED) is 0.793. The molecule has 0 aromatic carbocycles. The Labute approximate surface area is 105 Å². The van der Waals surface area contributed by atoms with Crippen molar-refractivity contribution in [1.29, 1.82) is 0 Å². The summed E-state index contributed by atoms with van der Waals surface area (Å²) in [5, 5.41) is 11.7. The van der Waals surface area contributed by atoms with Crippen molar-refractivity contribution in [3.63, 3.8) is 0 Å². The van der Waals surface area contributed by atoms with Gasteiger partial charge in [0.2, 0.25) is 0 Å². The van der Waals surface area contributed by atoms with Crippen molar-refractivity contribution in [2.45, 2.75) is 65.5 Å². The van der Waals surface area contributed by atoms with Crippen molar-refractivity contribution in [2.24, 2.45) is 0 Å². The number of aromatic nitrogens is 3. The van der Waals surface area contributed by atoms with Gasteiger partial charge in [-0.3, -0.25) is 0 Å². The highest BCUT2D eigenvalue weighted by Crippen LogP contribution is 2.27. The highest BCUT2D eigenvalue weighted by Gasteiger charge is 2.27. The molecule has 1 heterocycles. The summed E-state index contributed by atoms with van der Waals surface area (Å²) in [6.07, 6.45) is 4.10. The molecule has 4 heteroatoms. The molecule has 0 radical (unpaired) electrons. The predicted molar refractivity (Wildman–Crippen MR) is 71.1 cm³/mol. The Bertz CT molecular complexity index is 330. The molecule has 1 aromatic heterocycles. The normalized spacial score (nSPS) is 13.9. The van der Waals surface area contributed by atoms with Crippen LogP contribution in [0.3, 0.4) is 0 Å². The first-order valence-corrected chi connectivity index (χ1v) is 6.63. The predicted octanol–water partition coefficient (Wildman–Crippen LogP) is 2.35. The third-order valence-corrected chi connectivity index (χ3v) is 3.12. The maximum Gasteiger partial charge on any atom is 0.0730 e. The summed E-state index contributed by atoms with van der Waals surface area (Å²) < 4.78 is 2.04. The third-order valence-electron chi connectivity index (χ3n) is 3.12. The number of rotatable bonds is 7. The van der Waals surface area contributed by atoms with E-state index in [4.69, 9.17) is 0 Å². The minimum atomic E-state index is 0.111. The standard InChI is InChI=1S/C13H26N4/c1-6-8-17-12(10-15-16-17)13(4,5)9-11(3)14-7-2/h10-11,14H,6-9H2,1-5H3. The second-order valence-corrected chi connectivity index (χ2v) is 5.39. The molecule has 1 unspecified atom stereocenters. The van der Waals surface area contributed by atoms with Crippen LogP contribution in [0.5, 0.6) is 0 Å². The van der Waals surface area contributed by atoms with Gasteiger partial charge in [-0.05, 0) is 26.3 Å². The zero-order valence-electron chi connectivity index (χ0n) is 11.8. The number of aryl methyl sites for hydroxylation is 1. The van der Waals surface area contributed by atoms with Crippen LogP contribution in [0.4, 0.5) is 0 Å². The fourth-order valence-electron chi connectivity index (χ4n) is 2.45. The molecule has 0 fully saturated rings. The van der Waals surface area contributed by atoms with Crippen molar-refractivity contribution in [3.8, 4) is 0 Å². The number of hydrogen-bond donors (Lipinski definition) is 1. The molecule has 0 aliphatic rings. The zero-order chi connectivity index (χ0) is 12.9. The number of hydrogen-bond acceptors (Lipinski definition) is 3. The van der Waals surface area contributed by atoms with Gasteiger partial charge in [0.15, 0.2) is 0 Å². The van der Waals surface area contributed by atoms with Gasteiger partial charge in [-0.2, -0.15) is 0 Å². The summed E-state index contributed by atoms with van der Waals surface area (Å²) in [5.41, 5.74) is 1.35. The average molecular weight is 238 g/mol. The molecule has 0 aliphatic carbocycles. The van der Waals surface area contributed by atoms with E-state index in [1.54, 1.807) is 0 Å². The van der Waals surface area contributed by atoms with Crippen molar-refractivity contribution in [1.82, 2.24) is 20.3 Å². The van der Waals surface area contributed by atoms with Crippen LogP contribution < -0.4 is 5.32 Å². The largest absolute Gasteiger partial charge is 0.314 e. The third kappa shape index (κ3) is 3.80. The Morgan fingerprint density at radius 2 is 2.12 bits per heavy atom. The van der Waals surface area contributed by atoms with Crippen molar-refractivity contribution in [2.75, 3.05) is 6.54 Å². The molecule has 4 nitrogen and oxygen atoms in total. The summed E-state index contributed by atoms with van der Waals surface area (Å²) in [5.74, 6) is 0. The van der Waals surface area contributed by atoms with Crippen LogP contribution in [-0.2, 0) is 12.0 Å². The van der Waals surface area contributed by atoms with E-state index in [9.17, 15) is 0 Å². The lowest BCUT2D eigenvalue weighted by atomic mass is 9.83. The van der Waals surface area contributed by atoms with Crippen LogP contribution in [0.25, 0.3) is 0 Å². The minimum absolute atomic E-state index is 0.111. The average Bonchev–Trinajstić information content (AvgIpc) is 2.66. The van der Waals surface area contributed by atoms with E-state index in [1.807, 2.05) is 10.9 Å². The van der Waals surface area contributed by atoms with Gasteiger partial charge in [-0.1, -0.05) is 32.9 Å². The molecule has 1 aromatic rings. The van der Waals surface area contributed by atoms with Gasteiger partial charge in [0.25, 0.3) is 0 Å². The lowest BCUT2D eigenvalue weighted by molar-refractivity contribution is 0.365. The second-order valence-electron chi connectivity index (χ2n) is 5.39. The summed E-state index contributed by atoms with van der Waals surface area (Å²) >= 11 is 0. The summed E-state index contributed by atoms with van der Waals surface area (Å²) in [4.78, 5) is 0. The summed E-state index contributed by atoms with van der Waals surface area (Å²) in [6.45, 7) is 13.1. The fourth-order valence-corrected chi connectivity index (χ4v) is 2.45. The molecule has 1 rings (SSSR count). The van der Waals surface area contributed by atoms with E-state index >= 15 is 0 Å². The van der Waals surface area contributed by atoms with Gasteiger partial charge in [0.05, 0.1) is 11.9 Å². The molecule has 0 saturated heterocycles. The van der Waals surface area contributed by atoms with Gasteiger partial charge in [-0.25, -0.2) is 4.68 Å². The summed E-state index contributed by atoms with van der Waals surface area (Å²) in [6, 6.07) is 0.514. The lowest BCUT2D eigenvalue weighted by Crippen LogP contribution is -2.34. The Kier molecular flexibility index (Phi) is 5.12. The maximum absolute atomic E-state index is 4.17. The van der Waals surface area contributed by atoms with Crippen LogP contribution >= 0.6 is 0 Å². The van der Waals surface area contributed by atoms with Crippen molar-refractivity contribution >= 4 is 0 Å². The highest BCUT2D eigenvalue weighted by molar-refractivity contribution is 5.10. The Morgan fingerprint density at radius 3 is 2.71 bits per heavy atom. The zero-order valence-corrected chi connectivity index (χ0v) is 11.8. The Hall–Kier alpha value is -0.900. The van der Waals surface area contributed by atoms with Crippen LogP contribution in [0.15, 0.2) is 6.20 Å². The molecule has 17 heavy (non-hydrogen) atoms. The van der Waals surface area contributed by atoms with Gasteiger partial charge < -0.3 is 5.32 Å². The first-order chi connectivity index (χ1) is 8.01. The van der Waals surface area contributed by atoms with Gasteiger partial charge in [0, 0.05) is 18.0 Å². The molecule has 1 atom stereocenters. The van der Waals surface area contributed by atoms with Crippen LogP contribution in [-0.4, -0.2) is 27.6 Å². The van der Waals surface area contributed by atoms with E-state index in [2.05, 4.69) is 50.2 Å². The Balaban J connectivity index is 2.77. The molecule has 0 bridgehead atoms. The second kappa shape index (κ2) is 6.15. The number of nitrogens with zero attached hydrogens (tertiary/aromatic N) is 3. The van der Waals surface area contributed by atoms with E-state index in [0.29, 0.717) is 6.04 Å². The molecular weight excluding hydrogens is 212 g/mol. The minimum Gasteiger partial charge on any atom is -0.314 e. The fraction of sp³-hybridized carbons (Fsp3) is 0.846. The SMILES string of the molecule is CCCn1nncc1C(C)(C)CC(C)NCC.